The molecule has 0 radical (unpaired) electrons. The van der Waals surface area contributed by atoms with E-state index in [-0.39, 0.29) is 0 Å². The molecule has 0 aliphatic carbocycles. The van der Waals surface area contributed by atoms with Gasteiger partial charge in [-0.15, -0.1) is 0 Å². The maximum atomic E-state index is 5.36. The van der Waals surface area contributed by atoms with Crippen LogP contribution in [0.2, 0.25) is 0 Å². The van der Waals surface area contributed by atoms with Gasteiger partial charge in [-0.1, -0.05) is 78.9 Å². The minimum Gasteiger partial charge on any atom is -0.497 e. The number of ether oxygens (including phenoxy) is 1. The van der Waals surface area contributed by atoms with E-state index in [1.807, 2.05) is 0 Å². The van der Waals surface area contributed by atoms with Crippen LogP contribution in [0.1, 0.15) is 36.1 Å². The second-order valence-corrected chi connectivity index (χ2v) is 8.49. The maximum Gasteiger partial charge on any atom is 0.118 e. The summed E-state index contributed by atoms with van der Waals surface area (Å²) < 4.78 is 5.36. The van der Waals surface area contributed by atoms with Gasteiger partial charge < -0.3 is 9.64 Å². The molecule has 0 spiro atoms. The van der Waals surface area contributed by atoms with Crippen LogP contribution in [0.25, 0.3) is 5.57 Å². The van der Waals surface area contributed by atoms with Crippen molar-refractivity contribution >= 4 is 5.57 Å². The van der Waals surface area contributed by atoms with E-state index >= 15 is 0 Å². The Kier molecular flexibility index (Phi) is 7.76. The predicted octanol–water partition coefficient (Wildman–Crippen LogP) is 5.90. The van der Waals surface area contributed by atoms with Crippen LogP contribution in [0.4, 0.5) is 0 Å². The second-order valence-electron chi connectivity index (χ2n) is 8.49. The van der Waals surface area contributed by atoms with Crippen LogP contribution in [-0.2, 0) is 0 Å². The molecule has 1 aliphatic rings. The molecule has 3 nitrogen and oxygen atoms in total. The van der Waals surface area contributed by atoms with Gasteiger partial charge in [-0.25, -0.2) is 0 Å². The first-order valence-corrected chi connectivity index (χ1v) is 11.7. The fraction of sp³-hybridized carbons (Fsp3) is 0.310. The highest BCUT2D eigenvalue weighted by Gasteiger charge is 2.19. The first kappa shape index (κ1) is 22.3. The average molecular weight is 427 g/mol. The zero-order valence-electron chi connectivity index (χ0n) is 19.3. The molecule has 0 amide bonds. The van der Waals surface area contributed by atoms with E-state index in [1.165, 1.54) is 41.8 Å². The second kappa shape index (κ2) is 11.1. The minimum atomic E-state index is 0.325. The van der Waals surface area contributed by atoms with Gasteiger partial charge in [0.2, 0.25) is 0 Å². The summed E-state index contributed by atoms with van der Waals surface area (Å²) in [5, 5.41) is 0. The molecule has 1 saturated heterocycles. The van der Waals surface area contributed by atoms with E-state index in [9.17, 15) is 0 Å². The van der Waals surface area contributed by atoms with Crippen molar-refractivity contribution in [3.05, 3.63) is 108 Å². The Morgan fingerprint density at radius 2 is 1.50 bits per heavy atom. The third-order valence-corrected chi connectivity index (χ3v) is 6.50. The van der Waals surface area contributed by atoms with Crippen molar-refractivity contribution in [3.63, 3.8) is 0 Å². The zero-order valence-corrected chi connectivity index (χ0v) is 19.3. The molecule has 4 rings (SSSR count). The molecule has 1 aliphatic heterocycles. The Bertz CT molecular complexity index is 937. The Balaban J connectivity index is 1.59. The fourth-order valence-corrected chi connectivity index (χ4v) is 4.26. The standard InChI is InChI=1S/C29H34N2O/c1-24(25-14-16-28(32-2)17-15-25)31(23-22-30-19-9-20-30)21-18-29(26-10-5-3-6-11-26)27-12-7-4-8-13-27/h3-8,10-18,24H,9,19-23H2,1-2H3. The lowest BCUT2D eigenvalue weighted by Crippen LogP contribution is -2.43. The van der Waals surface area contributed by atoms with Crippen molar-refractivity contribution in [2.75, 3.05) is 39.8 Å². The molecule has 3 aromatic rings. The van der Waals surface area contributed by atoms with Crippen LogP contribution >= 0.6 is 0 Å². The molecule has 1 heterocycles. The van der Waals surface area contributed by atoms with E-state index < -0.39 is 0 Å². The lowest BCUT2D eigenvalue weighted by atomic mass is 9.97. The minimum absolute atomic E-state index is 0.325. The zero-order chi connectivity index (χ0) is 22.2. The first-order valence-electron chi connectivity index (χ1n) is 11.7. The molecule has 1 atom stereocenters. The topological polar surface area (TPSA) is 15.7 Å². The van der Waals surface area contributed by atoms with Crippen molar-refractivity contribution < 1.29 is 4.74 Å². The van der Waals surface area contributed by atoms with Crippen molar-refractivity contribution in [2.45, 2.75) is 19.4 Å². The summed E-state index contributed by atoms with van der Waals surface area (Å²) in [7, 11) is 1.72. The molecule has 3 heteroatoms. The van der Waals surface area contributed by atoms with E-state index in [4.69, 9.17) is 4.74 Å². The van der Waals surface area contributed by atoms with Crippen molar-refractivity contribution in [3.8, 4) is 5.75 Å². The lowest BCUT2D eigenvalue weighted by molar-refractivity contribution is 0.137. The highest BCUT2D eigenvalue weighted by Crippen LogP contribution is 2.26. The van der Waals surface area contributed by atoms with Gasteiger partial charge in [0.15, 0.2) is 0 Å². The van der Waals surface area contributed by atoms with E-state index in [1.54, 1.807) is 7.11 Å². The number of methoxy groups -OCH3 is 1. The highest BCUT2D eigenvalue weighted by atomic mass is 16.5. The van der Waals surface area contributed by atoms with Crippen LogP contribution < -0.4 is 4.74 Å². The van der Waals surface area contributed by atoms with Crippen molar-refractivity contribution in [1.29, 1.82) is 0 Å². The van der Waals surface area contributed by atoms with Gasteiger partial charge in [0.1, 0.15) is 5.75 Å². The smallest absolute Gasteiger partial charge is 0.118 e. The van der Waals surface area contributed by atoms with Gasteiger partial charge in [-0.3, -0.25) is 4.90 Å². The van der Waals surface area contributed by atoms with Gasteiger partial charge >= 0.3 is 0 Å². The molecule has 0 bridgehead atoms. The molecule has 0 saturated carbocycles. The largest absolute Gasteiger partial charge is 0.497 e. The summed E-state index contributed by atoms with van der Waals surface area (Å²) in [5.41, 5.74) is 5.14. The highest BCUT2D eigenvalue weighted by molar-refractivity contribution is 5.79. The summed E-state index contributed by atoms with van der Waals surface area (Å²) in [6.45, 7) is 7.87. The van der Waals surface area contributed by atoms with Crippen molar-refractivity contribution in [2.24, 2.45) is 0 Å². The Hall–Kier alpha value is -2.88. The first-order chi connectivity index (χ1) is 15.7. The quantitative estimate of drug-likeness (QED) is 0.402. The van der Waals surface area contributed by atoms with E-state index in [0.717, 1.165) is 25.4 Å². The number of nitrogens with zero attached hydrogens (tertiary/aromatic N) is 2. The van der Waals surface area contributed by atoms with Crippen LogP contribution in [0, 0.1) is 0 Å². The average Bonchev–Trinajstić information content (AvgIpc) is 2.83. The Morgan fingerprint density at radius 1 is 0.906 bits per heavy atom. The van der Waals surface area contributed by atoms with Crippen LogP contribution in [-0.4, -0.2) is 49.6 Å². The summed E-state index contributed by atoms with van der Waals surface area (Å²) in [4.78, 5) is 5.14. The number of rotatable bonds is 10. The number of benzene rings is 3. The normalized spacial score (nSPS) is 14.6. The molecular weight excluding hydrogens is 392 g/mol. The van der Waals surface area contributed by atoms with Crippen LogP contribution in [0.3, 0.4) is 0 Å². The fourth-order valence-electron chi connectivity index (χ4n) is 4.26. The molecule has 0 N–H and O–H groups in total. The van der Waals surface area contributed by atoms with Gasteiger partial charge in [0.05, 0.1) is 7.11 Å². The molecular formula is C29H34N2O. The lowest BCUT2D eigenvalue weighted by Gasteiger charge is -2.35. The molecule has 32 heavy (non-hydrogen) atoms. The van der Waals surface area contributed by atoms with E-state index in [0.29, 0.717) is 6.04 Å². The summed E-state index contributed by atoms with van der Waals surface area (Å²) >= 11 is 0. The van der Waals surface area contributed by atoms with Crippen LogP contribution in [0.5, 0.6) is 5.75 Å². The van der Waals surface area contributed by atoms with Gasteiger partial charge in [0, 0.05) is 25.7 Å². The third-order valence-electron chi connectivity index (χ3n) is 6.50. The van der Waals surface area contributed by atoms with Gasteiger partial charge in [0.25, 0.3) is 0 Å². The van der Waals surface area contributed by atoms with Gasteiger partial charge in [-0.05, 0) is 60.8 Å². The SMILES string of the molecule is COc1ccc(C(C)N(CC=C(c2ccccc2)c2ccccc2)CCN2CCC2)cc1. The summed E-state index contributed by atoms with van der Waals surface area (Å²) in [5.74, 6) is 0.906. The molecule has 1 unspecified atom stereocenters. The maximum absolute atomic E-state index is 5.36. The predicted molar refractivity (Wildman–Crippen MR) is 134 cm³/mol. The van der Waals surface area contributed by atoms with Crippen molar-refractivity contribution in [1.82, 2.24) is 9.80 Å². The molecule has 0 aromatic heterocycles. The summed E-state index contributed by atoms with van der Waals surface area (Å²) in [6.07, 6.45) is 3.74. The molecule has 166 valence electrons. The Labute approximate surface area is 192 Å². The number of hydrogen-bond donors (Lipinski definition) is 0. The molecule has 1 fully saturated rings. The number of hydrogen-bond acceptors (Lipinski definition) is 3. The molecule has 3 aromatic carbocycles. The Morgan fingerprint density at radius 3 is 2.00 bits per heavy atom. The third kappa shape index (κ3) is 5.67. The van der Waals surface area contributed by atoms with Gasteiger partial charge in [-0.2, -0.15) is 0 Å². The monoisotopic (exact) mass is 426 g/mol. The summed E-state index contributed by atoms with van der Waals surface area (Å²) in [6, 6.07) is 30.3. The van der Waals surface area contributed by atoms with E-state index in [2.05, 4.69) is 108 Å². The number of likely N-dealkylation sites (tertiary alicyclic amines) is 1. The van der Waals surface area contributed by atoms with Crippen LogP contribution in [0.15, 0.2) is 91.0 Å².